The van der Waals surface area contributed by atoms with Gasteiger partial charge < -0.3 is 15.4 Å². The van der Waals surface area contributed by atoms with Crippen molar-refractivity contribution in [2.45, 2.75) is 43.9 Å². The molecule has 0 amide bonds. The minimum Gasteiger partial charge on any atom is -0.490 e. The quantitative estimate of drug-likeness (QED) is 0.253. The van der Waals surface area contributed by atoms with Crippen LogP contribution >= 0.6 is 35.6 Å². The molecule has 1 saturated carbocycles. The zero-order valence-corrected chi connectivity index (χ0v) is 19.3. The maximum atomic E-state index is 12.1. The summed E-state index contributed by atoms with van der Waals surface area (Å²) >= 11 is 6.07. The van der Waals surface area contributed by atoms with Gasteiger partial charge in [0.2, 0.25) is 0 Å². The number of hydrogen-bond donors (Lipinski definition) is 2. The fraction of sp³-hybridized carbons (Fsp3) is 0.611. The molecule has 148 valence electrons. The molecule has 26 heavy (non-hydrogen) atoms. The number of guanidine groups is 1. The van der Waals surface area contributed by atoms with Gasteiger partial charge >= 0.3 is 0 Å². The molecule has 0 aromatic heterocycles. The number of rotatable bonds is 7. The van der Waals surface area contributed by atoms with E-state index in [1.165, 1.54) is 0 Å². The van der Waals surface area contributed by atoms with Gasteiger partial charge in [-0.25, -0.2) is 0 Å². The summed E-state index contributed by atoms with van der Waals surface area (Å²) in [6.07, 6.45) is 4.21. The van der Waals surface area contributed by atoms with Crippen LogP contribution in [0.4, 0.5) is 0 Å². The first-order chi connectivity index (χ1) is 12.1. The fourth-order valence-electron chi connectivity index (χ4n) is 3.03. The Kier molecular flexibility index (Phi) is 11.5. The lowest BCUT2D eigenvalue weighted by Crippen LogP contribution is -2.47. The van der Waals surface area contributed by atoms with E-state index in [1.807, 2.05) is 31.2 Å². The van der Waals surface area contributed by atoms with Crippen molar-refractivity contribution in [1.82, 2.24) is 10.6 Å². The topological polar surface area (TPSA) is 62.7 Å². The van der Waals surface area contributed by atoms with Crippen LogP contribution in [0.15, 0.2) is 29.3 Å². The van der Waals surface area contributed by atoms with Crippen molar-refractivity contribution in [3.63, 3.8) is 0 Å². The average molecular weight is 514 g/mol. The van der Waals surface area contributed by atoms with Crippen molar-refractivity contribution >= 4 is 52.3 Å². The normalized spacial score (nSPS) is 21.4. The highest BCUT2D eigenvalue weighted by molar-refractivity contribution is 14.0. The van der Waals surface area contributed by atoms with Crippen molar-refractivity contribution in [3.05, 3.63) is 29.3 Å². The van der Waals surface area contributed by atoms with Crippen LogP contribution in [0.1, 0.15) is 32.6 Å². The predicted molar refractivity (Wildman–Crippen MR) is 122 cm³/mol. The van der Waals surface area contributed by atoms with Crippen LogP contribution in [0, 0.1) is 0 Å². The van der Waals surface area contributed by atoms with E-state index in [2.05, 4.69) is 15.6 Å². The maximum absolute atomic E-state index is 12.1. The standard InChI is InChI=1S/C18H28ClN3O2S.HI/c1-3-25(23)15-8-6-7-14(13-15)22-18(20-2)21-11-12-24-17-10-5-4-9-16(17)19;/h4-5,9-10,14-15H,3,6-8,11-13H2,1-2H3,(H2,20,21,22);1H. The number of nitrogens with one attached hydrogen (secondary N) is 2. The van der Waals surface area contributed by atoms with Gasteiger partial charge in [-0.2, -0.15) is 0 Å². The van der Waals surface area contributed by atoms with Crippen molar-refractivity contribution in [2.75, 3.05) is 26.0 Å². The van der Waals surface area contributed by atoms with Gasteiger partial charge in [-0.1, -0.05) is 37.1 Å². The van der Waals surface area contributed by atoms with Gasteiger partial charge in [-0.05, 0) is 31.4 Å². The number of hydrogen-bond acceptors (Lipinski definition) is 3. The lowest BCUT2D eigenvalue weighted by molar-refractivity contribution is 0.321. The first kappa shape index (κ1) is 23.5. The Hall–Kier alpha value is -0.540. The summed E-state index contributed by atoms with van der Waals surface area (Å²) < 4.78 is 17.7. The Bertz CT molecular complexity index is 604. The minimum atomic E-state index is -0.714. The smallest absolute Gasteiger partial charge is 0.191 e. The molecule has 0 radical (unpaired) electrons. The van der Waals surface area contributed by atoms with E-state index in [9.17, 15) is 4.21 Å². The summed E-state index contributed by atoms with van der Waals surface area (Å²) in [5.41, 5.74) is 0. The van der Waals surface area contributed by atoms with E-state index >= 15 is 0 Å². The molecule has 1 aliphatic carbocycles. The maximum Gasteiger partial charge on any atom is 0.191 e. The second-order valence-electron chi connectivity index (χ2n) is 6.08. The molecule has 0 heterocycles. The SMILES string of the molecule is CCS(=O)C1CCCC(NC(=NC)NCCOc2ccccc2Cl)C1.I. The molecular weight excluding hydrogens is 485 g/mol. The number of nitrogens with zero attached hydrogens (tertiary/aromatic N) is 1. The Morgan fingerprint density at radius 1 is 1.38 bits per heavy atom. The largest absolute Gasteiger partial charge is 0.490 e. The lowest BCUT2D eigenvalue weighted by Gasteiger charge is -2.30. The van der Waals surface area contributed by atoms with Gasteiger partial charge in [0.05, 0.1) is 11.6 Å². The first-order valence-electron chi connectivity index (χ1n) is 8.85. The predicted octanol–water partition coefficient (Wildman–Crippen LogP) is 3.58. The van der Waals surface area contributed by atoms with Crippen LogP contribution in [-0.2, 0) is 10.8 Å². The second-order valence-corrected chi connectivity index (χ2v) is 8.49. The van der Waals surface area contributed by atoms with Crippen molar-refractivity contribution in [1.29, 1.82) is 0 Å². The summed E-state index contributed by atoms with van der Waals surface area (Å²) in [4.78, 5) is 4.27. The fourth-order valence-corrected chi connectivity index (χ4v) is 4.57. The third-order valence-corrected chi connectivity index (χ3v) is 6.39. The van der Waals surface area contributed by atoms with Crippen LogP contribution < -0.4 is 15.4 Å². The van der Waals surface area contributed by atoms with E-state index < -0.39 is 10.8 Å². The van der Waals surface area contributed by atoms with Crippen LogP contribution in [0.5, 0.6) is 5.75 Å². The zero-order chi connectivity index (χ0) is 18.1. The van der Waals surface area contributed by atoms with E-state index in [4.69, 9.17) is 16.3 Å². The monoisotopic (exact) mass is 513 g/mol. The Balaban J connectivity index is 0.00000338. The molecule has 2 rings (SSSR count). The highest BCUT2D eigenvalue weighted by atomic mass is 127. The van der Waals surface area contributed by atoms with Crippen molar-refractivity contribution in [2.24, 2.45) is 4.99 Å². The molecule has 1 aromatic rings. The molecule has 3 unspecified atom stereocenters. The first-order valence-corrected chi connectivity index (χ1v) is 10.6. The molecule has 0 saturated heterocycles. The molecule has 1 fully saturated rings. The molecule has 1 aliphatic rings. The number of benzene rings is 1. The van der Waals surface area contributed by atoms with E-state index in [-0.39, 0.29) is 24.0 Å². The Morgan fingerprint density at radius 3 is 2.85 bits per heavy atom. The zero-order valence-electron chi connectivity index (χ0n) is 15.4. The number of halogens is 2. The summed E-state index contributed by atoms with van der Waals surface area (Å²) in [5.74, 6) is 2.19. The average Bonchev–Trinajstić information content (AvgIpc) is 2.65. The third kappa shape index (κ3) is 7.60. The number of aliphatic imine (C=N–C) groups is 1. The van der Waals surface area contributed by atoms with Gasteiger partial charge in [-0.3, -0.25) is 9.20 Å². The molecule has 3 atom stereocenters. The highest BCUT2D eigenvalue weighted by Gasteiger charge is 2.25. The van der Waals surface area contributed by atoms with Crippen molar-refractivity contribution in [3.8, 4) is 5.75 Å². The van der Waals surface area contributed by atoms with Gasteiger partial charge in [0.1, 0.15) is 12.4 Å². The minimum absolute atomic E-state index is 0. The van der Waals surface area contributed by atoms with Crippen molar-refractivity contribution < 1.29 is 8.95 Å². The van der Waals surface area contributed by atoms with Gasteiger partial charge in [0.25, 0.3) is 0 Å². The molecule has 0 spiro atoms. The number of para-hydroxylation sites is 1. The van der Waals surface area contributed by atoms with E-state index in [0.717, 1.165) is 37.4 Å². The molecule has 1 aromatic carbocycles. The number of ether oxygens (including phenoxy) is 1. The van der Waals surface area contributed by atoms with Gasteiger partial charge in [-0.15, -0.1) is 24.0 Å². The summed E-state index contributed by atoms with van der Waals surface area (Å²) in [7, 11) is 1.04. The van der Waals surface area contributed by atoms with Crippen LogP contribution in [-0.4, -0.2) is 47.4 Å². The molecule has 0 bridgehead atoms. The van der Waals surface area contributed by atoms with Gasteiger partial charge in [0, 0.05) is 34.9 Å². The van der Waals surface area contributed by atoms with E-state index in [1.54, 1.807) is 7.05 Å². The van der Waals surface area contributed by atoms with E-state index in [0.29, 0.717) is 35.2 Å². The lowest BCUT2D eigenvalue weighted by atomic mass is 9.95. The van der Waals surface area contributed by atoms with Crippen LogP contribution in [0.2, 0.25) is 5.02 Å². The summed E-state index contributed by atoms with van der Waals surface area (Å²) in [6, 6.07) is 7.76. The molecule has 8 heteroatoms. The van der Waals surface area contributed by atoms with Crippen LogP contribution in [0.25, 0.3) is 0 Å². The highest BCUT2D eigenvalue weighted by Crippen LogP contribution is 2.23. The van der Waals surface area contributed by atoms with Crippen LogP contribution in [0.3, 0.4) is 0 Å². The third-order valence-electron chi connectivity index (χ3n) is 4.34. The molecule has 5 nitrogen and oxygen atoms in total. The molecule has 0 aliphatic heterocycles. The Labute approximate surface area is 181 Å². The summed E-state index contributed by atoms with van der Waals surface area (Å²) in [5, 5.41) is 7.62. The second kappa shape index (κ2) is 12.8. The Morgan fingerprint density at radius 2 is 2.15 bits per heavy atom. The molecule has 2 N–H and O–H groups in total. The van der Waals surface area contributed by atoms with Gasteiger partial charge in [0.15, 0.2) is 5.96 Å². The molecular formula is C18H29ClIN3O2S. The summed E-state index contributed by atoms with van der Waals surface area (Å²) in [6.45, 7) is 3.12.